The molecule has 0 heterocycles. The van der Waals surface area contributed by atoms with Crippen LogP contribution >= 0.6 is 0 Å². The number of nitrogen functional groups attached to an aromatic ring is 1. The molecular weight excluding hydrogens is 214 g/mol. The fourth-order valence-electron chi connectivity index (χ4n) is 1.48. The number of benzene rings is 2. The van der Waals surface area contributed by atoms with Crippen LogP contribution in [0.1, 0.15) is 0 Å². The van der Waals surface area contributed by atoms with E-state index in [0.29, 0.717) is 10.8 Å². The molecule has 0 aromatic heterocycles. The summed E-state index contributed by atoms with van der Waals surface area (Å²) in [5.74, 6) is 0. The van der Waals surface area contributed by atoms with E-state index in [1.54, 1.807) is 24.3 Å². The number of fused-ring (bicyclic) bond motifs is 1. The Hall–Kier alpha value is -1.59. The summed E-state index contributed by atoms with van der Waals surface area (Å²) < 4.78 is 31.2. The maximum atomic E-state index is 11.1. The minimum Gasteiger partial charge on any atom is -0.398 e. The van der Waals surface area contributed by atoms with E-state index in [9.17, 15) is 8.42 Å². The molecule has 3 N–H and O–H groups in total. The first kappa shape index (κ1) is 9.95. The molecule has 1 radical (unpaired) electrons. The van der Waals surface area contributed by atoms with Crippen LogP contribution in [-0.4, -0.2) is 13.0 Å². The van der Waals surface area contributed by atoms with Crippen molar-refractivity contribution in [2.24, 2.45) is 0 Å². The lowest BCUT2D eigenvalue weighted by atomic mass is 10.1. The molecule has 0 amide bonds. The quantitative estimate of drug-likeness (QED) is 0.565. The van der Waals surface area contributed by atoms with E-state index in [4.69, 9.17) is 10.3 Å². The molecule has 0 atom stereocenters. The summed E-state index contributed by atoms with van der Waals surface area (Å²) in [5.41, 5.74) is 5.83. The molecule has 15 heavy (non-hydrogen) atoms. The Morgan fingerprint density at radius 3 is 2.67 bits per heavy atom. The van der Waals surface area contributed by atoms with Gasteiger partial charge in [0.05, 0.1) is 0 Å². The highest BCUT2D eigenvalue weighted by atomic mass is 32.2. The second kappa shape index (κ2) is 3.22. The second-order valence-electron chi connectivity index (χ2n) is 3.09. The van der Waals surface area contributed by atoms with Crippen LogP contribution in [0.5, 0.6) is 0 Å². The van der Waals surface area contributed by atoms with Crippen LogP contribution < -0.4 is 5.73 Å². The molecule has 2 aromatic rings. The van der Waals surface area contributed by atoms with Crippen molar-refractivity contribution in [1.82, 2.24) is 0 Å². The fraction of sp³-hybridized carbons (Fsp3) is 0. The van der Waals surface area contributed by atoms with Gasteiger partial charge in [0, 0.05) is 17.1 Å². The monoisotopic (exact) mass is 222 g/mol. The van der Waals surface area contributed by atoms with E-state index in [-0.39, 0.29) is 10.6 Å². The Morgan fingerprint density at radius 2 is 2.00 bits per heavy atom. The molecule has 0 aliphatic heterocycles. The van der Waals surface area contributed by atoms with Gasteiger partial charge in [0.15, 0.2) is 0 Å². The lowest BCUT2D eigenvalue weighted by Crippen LogP contribution is -2.00. The normalized spacial score (nSPS) is 11.8. The molecular formula is C10H8NO3S. The zero-order valence-corrected chi connectivity index (χ0v) is 8.45. The SMILES string of the molecule is Nc1[c]ccc2cccc(S(=O)(=O)O)c12. The Morgan fingerprint density at radius 1 is 1.27 bits per heavy atom. The van der Waals surface area contributed by atoms with Crippen LogP contribution in [0, 0.1) is 6.07 Å². The average molecular weight is 222 g/mol. The first-order valence-electron chi connectivity index (χ1n) is 4.16. The smallest absolute Gasteiger partial charge is 0.295 e. The average Bonchev–Trinajstić information content (AvgIpc) is 2.16. The summed E-state index contributed by atoms with van der Waals surface area (Å²) >= 11 is 0. The van der Waals surface area contributed by atoms with Gasteiger partial charge in [-0.3, -0.25) is 4.55 Å². The minimum atomic E-state index is -4.25. The molecule has 0 saturated carbocycles. The largest absolute Gasteiger partial charge is 0.398 e. The molecule has 0 spiro atoms. The van der Waals surface area contributed by atoms with Crippen molar-refractivity contribution in [3.63, 3.8) is 0 Å². The number of hydrogen-bond acceptors (Lipinski definition) is 3. The number of anilines is 1. The number of nitrogens with two attached hydrogens (primary N) is 1. The third-order valence-corrected chi connectivity index (χ3v) is 3.00. The Bertz CT molecular complexity index is 614. The first-order valence-corrected chi connectivity index (χ1v) is 5.60. The standard InChI is InChI=1S/C10H8NO3S/c11-8-5-1-3-7-4-2-6-9(10(7)8)15(12,13)14/h1-4,6H,11H2,(H,12,13,14). The molecule has 0 unspecified atom stereocenters. The molecule has 5 heteroatoms. The summed E-state index contributed by atoms with van der Waals surface area (Å²) in [4.78, 5) is -0.186. The lowest BCUT2D eigenvalue weighted by molar-refractivity contribution is 0.484. The highest BCUT2D eigenvalue weighted by Gasteiger charge is 2.14. The highest BCUT2D eigenvalue weighted by molar-refractivity contribution is 7.86. The highest BCUT2D eigenvalue weighted by Crippen LogP contribution is 2.27. The van der Waals surface area contributed by atoms with Crippen LogP contribution in [0.15, 0.2) is 35.2 Å². The van der Waals surface area contributed by atoms with Crippen LogP contribution in [0.3, 0.4) is 0 Å². The van der Waals surface area contributed by atoms with Gasteiger partial charge in [0.25, 0.3) is 10.1 Å². The van der Waals surface area contributed by atoms with E-state index in [2.05, 4.69) is 6.07 Å². The van der Waals surface area contributed by atoms with Crippen LogP contribution in [0.4, 0.5) is 5.69 Å². The zero-order valence-electron chi connectivity index (χ0n) is 7.64. The predicted molar refractivity (Wildman–Crippen MR) is 57.0 cm³/mol. The summed E-state index contributed by atoms with van der Waals surface area (Å²) in [5, 5.41) is 0.962. The predicted octanol–water partition coefficient (Wildman–Crippen LogP) is 1.47. The maximum absolute atomic E-state index is 11.1. The summed E-state index contributed by atoms with van der Waals surface area (Å²) in [7, 11) is -4.25. The minimum absolute atomic E-state index is 0.186. The van der Waals surface area contributed by atoms with Gasteiger partial charge in [-0.1, -0.05) is 24.3 Å². The second-order valence-corrected chi connectivity index (χ2v) is 4.48. The molecule has 2 rings (SSSR count). The van der Waals surface area contributed by atoms with Gasteiger partial charge in [0.1, 0.15) is 4.90 Å². The van der Waals surface area contributed by atoms with Crippen molar-refractivity contribution in [3.05, 3.63) is 36.4 Å². The summed E-state index contributed by atoms with van der Waals surface area (Å²) in [6.07, 6.45) is 0. The Labute approximate surface area is 87.1 Å². The van der Waals surface area contributed by atoms with Crippen molar-refractivity contribution in [2.75, 3.05) is 5.73 Å². The Kier molecular flexibility index (Phi) is 2.13. The van der Waals surface area contributed by atoms with Gasteiger partial charge < -0.3 is 5.73 Å². The van der Waals surface area contributed by atoms with Crippen LogP contribution in [-0.2, 0) is 10.1 Å². The van der Waals surface area contributed by atoms with Gasteiger partial charge in [-0.05, 0) is 11.5 Å². The van der Waals surface area contributed by atoms with Gasteiger partial charge in [-0.2, -0.15) is 8.42 Å². The molecule has 0 fully saturated rings. The van der Waals surface area contributed by atoms with E-state index < -0.39 is 10.1 Å². The van der Waals surface area contributed by atoms with Crippen molar-refractivity contribution >= 4 is 26.6 Å². The Balaban J connectivity index is 2.99. The van der Waals surface area contributed by atoms with Crippen LogP contribution in [0.25, 0.3) is 10.8 Å². The molecule has 0 aliphatic rings. The van der Waals surface area contributed by atoms with Crippen molar-refractivity contribution < 1.29 is 13.0 Å². The summed E-state index contributed by atoms with van der Waals surface area (Å²) in [6, 6.07) is 10.5. The topological polar surface area (TPSA) is 80.4 Å². The fourth-order valence-corrected chi connectivity index (χ4v) is 2.22. The molecule has 77 valence electrons. The number of rotatable bonds is 1. The van der Waals surface area contributed by atoms with Gasteiger partial charge in [-0.25, -0.2) is 0 Å². The molecule has 2 aromatic carbocycles. The van der Waals surface area contributed by atoms with Crippen molar-refractivity contribution in [1.29, 1.82) is 0 Å². The lowest BCUT2D eigenvalue weighted by Gasteiger charge is -2.05. The summed E-state index contributed by atoms with van der Waals surface area (Å²) in [6.45, 7) is 0. The van der Waals surface area contributed by atoms with Crippen LogP contribution in [0.2, 0.25) is 0 Å². The van der Waals surface area contributed by atoms with E-state index in [1.807, 2.05) is 0 Å². The third kappa shape index (κ3) is 1.67. The third-order valence-electron chi connectivity index (χ3n) is 2.11. The van der Waals surface area contributed by atoms with Crippen molar-refractivity contribution in [3.8, 4) is 0 Å². The van der Waals surface area contributed by atoms with E-state index in [1.165, 1.54) is 6.07 Å². The van der Waals surface area contributed by atoms with Crippen molar-refractivity contribution in [2.45, 2.75) is 4.90 Å². The van der Waals surface area contributed by atoms with E-state index in [0.717, 1.165) is 0 Å². The molecule has 0 bridgehead atoms. The molecule has 0 aliphatic carbocycles. The molecule has 0 saturated heterocycles. The maximum Gasteiger partial charge on any atom is 0.295 e. The van der Waals surface area contributed by atoms with E-state index >= 15 is 0 Å². The zero-order chi connectivity index (χ0) is 11.1. The molecule has 4 nitrogen and oxygen atoms in total. The number of hydrogen-bond donors (Lipinski definition) is 2. The van der Waals surface area contributed by atoms with Gasteiger partial charge in [-0.15, -0.1) is 0 Å². The first-order chi connectivity index (χ1) is 7.00. The van der Waals surface area contributed by atoms with Gasteiger partial charge in [0.2, 0.25) is 0 Å². The van der Waals surface area contributed by atoms with Gasteiger partial charge >= 0.3 is 0 Å².